The number of halogens is 3. The van der Waals surface area contributed by atoms with Crippen molar-refractivity contribution in [3.8, 4) is 0 Å². The number of nitrogens with one attached hydrogen (secondary N) is 1. The molecule has 0 saturated heterocycles. The van der Waals surface area contributed by atoms with Crippen molar-refractivity contribution in [2.24, 2.45) is 5.73 Å². The first-order valence-corrected chi connectivity index (χ1v) is 4.54. The van der Waals surface area contributed by atoms with Gasteiger partial charge in [-0.3, -0.25) is 9.59 Å². The topological polar surface area (TPSA) is 92.4 Å². The van der Waals surface area contributed by atoms with Crippen LogP contribution >= 0.6 is 0 Å². The van der Waals surface area contributed by atoms with Gasteiger partial charge in [0.25, 0.3) is 0 Å². The molecule has 94 valence electrons. The number of carboxylic acid groups (broad SMARTS) is 1. The SMILES string of the molecule is NC(CC(=O)O)C(=O)NCCCC(F)(F)F. The second-order valence-electron chi connectivity index (χ2n) is 3.21. The van der Waals surface area contributed by atoms with Crippen molar-refractivity contribution in [2.45, 2.75) is 31.5 Å². The minimum Gasteiger partial charge on any atom is -0.481 e. The fraction of sp³-hybridized carbons (Fsp3) is 0.750. The largest absolute Gasteiger partial charge is 0.481 e. The van der Waals surface area contributed by atoms with Crippen molar-refractivity contribution < 1.29 is 27.9 Å². The third kappa shape index (κ3) is 8.04. The summed E-state index contributed by atoms with van der Waals surface area (Å²) in [5.74, 6) is -2.00. The van der Waals surface area contributed by atoms with E-state index in [-0.39, 0.29) is 13.0 Å². The molecule has 4 N–H and O–H groups in total. The number of hydrogen-bond acceptors (Lipinski definition) is 3. The van der Waals surface area contributed by atoms with E-state index in [2.05, 4.69) is 5.32 Å². The zero-order valence-electron chi connectivity index (χ0n) is 8.38. The first-order chi connectivity index (χ1) is 7.22. The van der Waals surface area contributed by atoms with Gasteiger partial charge in [-0.2, -0.15) is 13.2 Å². The number of nitrogens with two attached hydrogens (primary N) is 1. The Bertz CT molecular complexity index is 255. The van der Waals surface area contributed by atoms with Crippen molar-refractivity contribution in [3.05, 3.63) is 0 Å². The summed E-state index contributed by atoms with van der Waals surface area (Å²) in [6.07, 6.45) is -6.06. The summed E-state index contributed by atoms with van der Waals surface area (Å²) in [6.45, 7) is -0.175. The van der Waals surface area contributed by atoms with Crippen molar-refractivity contribution in [3.63, 3.8) is 0 Å². The highest BCUT2D eigenvalue weighted by Gasteiger charge is 2.26. The molecule has 1 unspecified atom stereocenters. The highest BCUT2D eigenvalue weighted by molar-refractivity contribution is 5.85. The molecular weight excluding hydrogens is 229 g/mol. The maximum Gasteiger partial charge on any atom is 0.389 e. The zero-order valence-corrected chi connectivity index (χ0v) is 8.38. The fourth-order valence-corrected chi connectivity index (χ4v) is 0.912. The number of alkyl halides is 3. The van der Waals surface area contributed by atoms with Crippen LogP contribution in [0.25, 0.3) is 0 Å². The second kappa shape index (κ2) is 6.31. The van der Waals surface area contributed by atoms with Crippen molar-refractivity contribution in [2.75, 3.05) is 6.54 Å². The van der Waals surface area contributed by atoms with E-state index in [4.69, 9.17) is 10.8 Å². The Labute approximate surface area is 89.8 Å². The third-order valence-corrected chi connectivity index (χ3v) is 1.67. The minimum absolute atomic E-state index is 0.175. The number of rotatable bonds is 6. The Hall–Kier alpha value is -1.31. The summed E-state index contributed by atoms with van der Waals surface area (Å²) in [6, 6.07) is -1.23. The Kier molecular flexibility index (Phi) is 5.79. The van der Waals surface area contributed by atoms with Crippen LogP contribution in [0.5, 0.6) is 0 Å². The molecule has 0 aliphatic rings. The van der Waals surface area contributed by atoms with Crippen LogP contribution in [-0.4, -0.2) is 35.7 Å². The predicted octanol–water partition coefficient (Wildman–Crippen LogP) is 0.247. The van der Waals surface area contributed by atoms with Crippen LogP contribution in [0.15, 0.2) is 0 Å². The van der Waals surface area contributed by atoms with Crippen LogP contribution in [0.2, 0.25) is 0 Å². The summed E-state index contributed by atoms with van der Waals surface area (Å²) >= 11 is 0. The Morgan fingerprint density at radius 3 is 2.38 bits per heavy atom. The summed E-state index contributed by atoms with van der Waals surface area (Å²) in [5.41, 5.74) is 5.17. The molecule has 0 aromatic rings. The van der Waals surface area contributed by atoms with Gasteiger partial charge >= 0.3 is 12.1 Å². The van der Waals surface area contributed by atoms with E-state index in [0.717, 1.165) is 0 Å². The van der Waals surface area contributed by atoms with E-state index in [1.165, 1.54) is 0 Å². The molecule has 0 spiro atoms. The standard InChI is InChI=1S/C8H13F3N2O3/c9-8(10,11)2-1-3-13-7(16)5(12)4-6(14)15/h5H,1-4,12H2,(H,13,16)(H,14,15). The van der Waals surface area contributed by atoms with Crippen LogP contribution in [0.4, 0.5) is 13.2 Å². The lowest BCUT2D eigenvalue weighted by Crippen LogP contribution is -2.42. The molecule has 0 aliphatic carbocycles. The molecule has 0 bridgehead atoms. The summed E-state index contributed by atoms with van der Waals surface area (Å²) in [7, 11) is 0. The van der Waals surface area contributed by atoms with E-state index in [1.54, 1.807) is 0 Å². The van der Waals surface area contributed by atoms with Gasteiger partial charge in [0.1, 0.15) is 0 Å². The number of amides is 1. The van der Waals surface area contributed by atoms with Gasteiger partial charge < -0.3 is 16.2 Å². The Balaban J connectivity index is 3.69. The molecule has 0 rings (SSSR count). The molecule has 0 heterocycles. The molecule has 0 aromatic heterocycles. The maximum atomic E-state index is 11.7. The normalized spacial score (nSPS) is 13.2. The molecule has 1 amide bonds. The van der Waals surface area contributed by atoms with E-state index in [9.17, 15) is 22.8 Å². The van der Waals surface area contributed by atoms with Crippen molar-refractivity contribution in [1.29, 1.82) is 0 Å². The number of carboxylic acids is 1. The van der Waals surface area contributed by atoms with Gasteiger partial charge in [-0.05, 0) is 6.42 Å². The monoisotopic (exact) mass is 242 g/mol. The molecule has 1 atom stereocenters. The van der Waals surface area contributed by atoms with Crippen LogP contribution in [0.1, 0.15) is 19.3 Å². The molecule has 8 heteroatoms. The molecule has 0 aliphatic heterocycles. The van der Waals surface area contributed by atoms with E-state index < -0.39 is 36.9 Å². The number of aliphatic carboxylic acids is 1. The molecule has 0 radical (unpaired) electrons. The van der Waals surface area contributed by atoms with Crippen LogP contribution in [0.3, 0.4) is 0 Å². The quantitative estimate of drug-likeness (QED) is 0.582. The fourth-order valence-electron chi connectivity index (χ4n) is 0.912. The van der Waals surface area contributed by atoms with Gasteiger partial charge in [0.2, 0.25) is 5.91 Å². The molecule has 0 fully saturated rings. The molecule has 5 nitrogen and oxygen atoms in total. The lowest BCUT2D eigenvalue weighted by atomic mass is 10.2. The van der Waals surface area contributed by atoms with Gasteiger partial charge in [0, 0.05) is 13.0 Å². The number of hydrogen-bond donors (Lipinski definition) is 3. The van der Waals surface area contributed by atoms with Gasteiger partial charge in [-0.25, -0.2) is 0 Å². The highest BCUT2D eigenvalue weighted by atomic mass is 19.4. The van der Waals surface area contributed by atoms with Crippen LogP contribution < -0.4 is 11.1 Å². The van der Waals surface area contributed by atoms with Crippen LogP contribution in [-0.2, 0) is 9.59 Å². The molecule has 16 heavy (non-hydrogen) atoms. The lowest BCUT2D eigenvalue weighted by molar-refractivity contribution is -0.139. The smallest absolute Gasteiger partial charge is 0.389 e. The molecule has 0 aromatic carbocycles. The number of carbonyl (C=O) groups is 2. The Morgan fingerprint density at radius 2 is 1.94 bits per heavy atom. The first kappa shape index (κ1) is 14.7. The second-order valence-corrected chi connectivity index (χ2v) is 3.21. The van der Waals surface area contributed by atoms with Crippen LogP contribution in [0, 0.1) is 0 Å². The third-order valence-electron chi connectivity index (χ3n) is 1.67. The highest BCUT2D eigenvalue weighted by Crippen LogP contribution is 2.20. The summed E-state index contributed by atoms with van der Waals surface area (Å²) in [4.78, 5) is 21.2. The van der Waals surface area contributed by atoms with E-state index in [1.807, 2.05) is 0 Å². The average Bonchev–Trinajstić information content (AvgIpc) is 2.09. The molecular formula is C8H13F3N2O3. The average molecular weight is 242 g/mol. The van der Waals surface area contributed by atoms with Gasteiger partial charge in [0.05, 0.1) is 12.5 Å². The predicted molar refractivity (Wildman–Crippen MR) is 48.5 cm³/mol. The van der Waals surface area contributed by atoms with Crippen molar-refractivity contribution in [1.82, 2.24) is 5.32 Å². The van der Waals surface area contributed by atoms with Gasteiger partial charge in [-0.1, -0.05) is 0 Å². The van der Waals surface area contributed by atoms with E-state index in [0.29, 0.717) is 0 Å². The van der Waals surface area contributed by atoms with E-state index >= 15 is 0 Å². The van der Waals surface area contributed by atoms with Crippen molar-refractivity contribution >= 4 is 11.9 Å². The number of carbonyl (C=O) groups excluding carboxylic acids is 1. The Morgan fingerprint density at radius 1 is 1.38 bits per heavy atom. The summed E-state index contributed by atoms with van der Waals surface area (Å²) in [5, 5.41) is 10.4. The summed E-state index contributed by atoms with van der Waals surface area (Å²) < 4.78 is 35.1. The zero-order chi connectivity index (χ0) is 12.8. The first-order valence-electron chi connectivity index (χ1n) is 4.54. The van der Waals surface area contributed by atoms with Gasteiger partial charge in [-0.15, -0.1) is 0 Å². The molecule has 0 saturated carbocycles. The minimum atomic E-state index is -4.26. The lowest BCUT2D eigenvalue weighted by Gasteiger charge is -2.10. The maximum absolute atomic E-state index is 11.7. The van der Waals surface area contributed by atoms with Gasteiger partial charge in [0.15, 0.2) is 0 Å².